The molecule has 0 saturated heterocycles. The van der Waals surface area contributed by atoms with Crippen molar-refractivity contribution in [2.45, 2.75) is 39.2 Å². The molecule has 78 valence electrons. The molecule has 1 heterocycles. The summed E-state index contributed by atoms with van der Waals surface area (Å²) < 4.78 is 0. The number of halogens is 1. The molecule has 0 aliphatic heterocycles. The van der Waals surface area contributed by atoms with Crippen molar-refractivity contribution in [1.29, 1.82) is 0 Å². The zero-order valence-corrected chi connectivity index (χ0v) is 9.60. The van der Waals surface area contributed by atoms with Gasteiger partial charge in [-0.15, -0.1) is 0 Å². The Labute approximate surface area is 89.9 Å². The lowest BCUT2D eigenvalue weighted by atomic mass is 9.96. The first-order chi connectivity index (χ1) is 6.61. The molecule has 0 aliphatic rings. The van der Waals surface area contributed by atoms with Gasteiger partial charge in [0, 0.05) is 5.54 Å². The van der Waals surface area contributed by atoms with Crippen LogP contribution in [-0.4, -0.2) is 15.5 Å². The lowest BCUT2D eigenvalue weighted by Gasteiger charge is -2.29. The predicted octanol–water partition coefficient (Wildman–Crippen LogP) is 3.12. The number of rotatable bonds is 4. The Hall–Kier alpha value is -0.830. The van der Waals surface area contributed by atoms with Crippen molar-refractivity contribution in [3.05, 3.63) is 17.5 Å². The number of nitrogens with one attached hydrogen (secondary N) is 1. The van der Waals surface area contributed by atoms with Crippen LogP contribution >= 0.6 is 11.6 Å². The fourth-order valence-electron chi connectivity index (χ4n) is 1.12. The fourth-order valence-corrected chi connectivity index (χ4v) is 1.27. The van der Waals surface area contributed by atoms with E-state index in [2.05, 4.69) is 36.1 Å². The average molecular weight is 214 g/mol. The highest BCUT2D eigenvalue weighted by Crippen LogP contribution is 2.24. The molecular weight excluding hydrogens is 198 g/mol. The molecule has 14 heavy (non-hydrogen) atoms. The van der Waals surface area contributed by atoms with Crippen molar-refractivity contribution >= 4 is 17.4 Å². The van der Waals surface area contributed by atoms with Crippen molar-refractivity contribution < 1.29 is 0 Å². The Kier molecular flexibility index (Phi) is 3.69. The first-order valence-corrected chi connectivity index (χ1v) is 5.23. The van der Waals surface area contributed by atoms with Gasteiger partial charge in [-0.3, -0.25) is 0 Å². The smallest absolute Gasteiger partial charge is 0.148 e. The summed E-state index contributed by atoms with van der Waals surface area (Å²) >= 11 is 5.96. The molecule has 1 N–H and O–H groups in total. The summed E-state index contributed by atoms with van der Waals surface area (Å²) in [6.07, 6.45) is 5.16. The largest absolute Gasteiger partial charge is 0.364 e. The van der Waals surface area contributed by atoms with E-state index >= 15 is 0 Å². The van der Waals surface area contributed by atoms with Gasteiger partial charge in [-0.1, -0.05) is 25.4 Å². The van der Waals surface area contributed by atoms with Crippen LogP contribution in [-0.2, 0) is 0 Å². The Balaban J connectivity index is 2.82. The highest BCUT2D eigenvalue weighted by Gasteiger charge is 2.20. The van der Waals surface area contributed by atoms with Gasteiger partial charge in [-0.25, -0.2) is 9.97 Å². The first-order valence-electron chi connectivity index (χ1n) is 4.85. The number of nitrogens with zero attached hydrogens (tertiary/aromatic N) is 2. The molecule has 1 aromatic heterocycles. The van der Waals surface area contributed by atoms with Crippen molar-refractivity contribution in [3.63, 3.8) is 0 Å². The van der Waals surface area contributed by atoms with Gasteiger partial charge in [-0.05, 0) is 19.8 Å². The highest BCUT2D eigenvalue weighted by atomic mass is 35.5. The van der Waals surface area contributed by atoms with E-state index in [0.29, 0.717) is 10.8 Å². The molecule has 0 atom stereocenters. The lowest BCUT2D eigenvalue weighted by Crippen LogP contribution is -2.33. The van der Waals surface area contributed by atoms with Gasteiger partial charge in [0.15, 0.2) is 0 Å². The fraction of sp³-hybridized carbons (Fsp3) is 0.600. The molecule has 0 radical (unpaired) electrons. The van der Waals surface area contributed by atoms with Crippen LogP contribution < -0.4 is 5.32 Å². The van der Waals surface area contributed by atoms with Crippen LogP contribution in [0.2, 0.25) is 5.02 Å². The van der Waals surface area contributed by atoms with Crippen molar-refractivity contribution in [1.82, 2.24) is 9.97 Å². The summed E-state index contributed by atoms with van der Waals surface area (Å²) in [5.41, 5.74) is 0.0536. The van der Waals surface area contributed by atoms with Gasteiger partial charge in [0.2, 0.25) is 0 Å². The topological polar surface area (TPSA) is 37.8 Å². The van der Waals surface area contributed by atoms with Crippen LogP contribution in [0.4, 0.5) is 5.82 Å². The van der Waals surface area contributed by atoms with Gasteiger partial charge >= 0.3 is 0 Å². The molecule has 0 aliphatic carbocycles. The maximum Gasteiger partial charge on any atom is 0.148 e. The summed E-state index contributed by atoms with van der Waals surface area (Å²) in [5, 5.41) is 3.91. The molecular formula is C10H16ClN3. The number of hydrogen-bond donors (Lipinski definition) is 1. The van der Waals surface area contributed by atoms with Crippen molar-refractivity contribution in [2.24, 2.45) is 0 Å². The maximum absolute atomic E-state index is 5.96. The molecule has 3 nitrogen and oxygen atoms in total. The van der Waals surface area contributed by atoms with Crippen LogP contribution in [0.25, 0.3) is 0 Å². The van der Waals surface area contributed by atoms with Gasteiger partial charge in [-0.2, -0.15) is 0 Å². The summed E-state index contributed by atoms with van der Waals surface area (Å²) in [6.45, 7) is 6.45. The second kappa shape index (κ2) is 4.60. The molecule has 1 aromatic rings. The summed E-state index contributed by atoms with van der Waals surface area (Å²) in [4.78, 5) is 7.95. The minimum absolute atomic E-state index is 0.0536. The summed E-state index contributed by atoms with van der Waals surface area (Å²) in [6, 6.07) is 0. The molecule has 0 fully saturated rings. The van der Waals surface area contributed by atoms with Crippen LogP contribution in [0, 0.1) is 0 Å². The van der Waals surface area contributed by atoms with Crippen molar-refractivity contribution in [3.8, 4) is 0 Å². The van der Waals surface area contributed by atoms with E-state index in [-0.39, 0.29) is 5.54 Å². The third kappa shape index (κ3) is 2.58. The monoisotopic (exact) mass is 213 g/mol. The second-order valence-electron chi connectivity index (χ2n) is 3.61. The Morgan fingerprint density at radius 1 is 1.43 bits per heavy atom. The van der Waals surface area contributed by atoms with E-state index in [1.54, 1.807) is 6.20 Å². The van der Waals surface area contributed by atoms with Gasteiger partial charge < -0.3 is 5.32 Å². The third-order valence-electron chi connectivity index (χ3n) is 2.65. The van der Waals surface area contributed by atoms with Gasteiger partial charge in [0.05, 0.1) is 6.20 Å². The van der Waals surface area contributed by atoms with E-state index in [0.717, 1.165) is 12.8 Å². The summed E-state index contributed by atoms with van der Waals surface area (Å²) in [7, 11) is 0. The zero-order valence-electron chi connectivity index (χ0n) is 8.84. The standard InChI is InChI=1S/C10H16ClN3/c1-4-10(3,5-2)14-9-8(11)6-12-7-13-9/h6-7H,4-5H2,1-3H3,(H,12,13,14). The minimum atomic E-state index is 0.0536. The van der Waals surface area contributed by atoms with Crippen LogP contribution in [0.3, 0.4) is 0 Å². The van der Waals surface area contributed by atoms with E-state index in [4.69, 9.17) is 11.6 Å². The lowest BCUT2D eigenvalue weighted by molar-refractivity contribution is 0.476. The number of anilines is 1. The summed E-state index contributed by atoms with van der Waals surface area (Å²) in [5.74, 6) is 0.716. The van der Waals surface area contributed by atoms with Crippen LogP contribution in [0.5, 0.6) is 0 Å². The van der Waals surface area contributed by atoms with Gasteiger partial charge in [0.1, 0.15) is 17.2 Å². The third-order valence-corrected chi connectivity index (χ3v) is 2.93. The zero-order chi connectivity index (χ0) is 10.6. The molecule has 4 heteroatoms. The molecule has 0 aromatic carbocycles. The Morgan fingerprint density at radius 2 is 2.07 bits per heavy atom. The second-order valence-corrected chi connectivity index (χ2v) is 4.02. The number of hydrogen-bond acceptors (Lipinski definition) is 3. The van der Waals surface area contributed by atoms with E-state index in [1.165, 1.54) is 6.33 Å². The highest BCUT2D eigenvalue weighted by molar-refractivity contribution is 6.32. The molecule has 1 rings (SSSR count). The van der Waals surface area contributed by atoms with Crippen molar-refractivity contribution in [2.75, 3.05) is 5.32 Å². The van der Waals surface area contributed by atoms with E-state index in [9.17, 15) is 0 Å². The van der Waals surface area contributed by atoms with Gasteiger partial charge in [0.25, 0.3) is 0 Å². The predicted molar refractivity (Wildman–Crippen MR) is 59.7 cm³/mol. The normalized spacial score (nSPS) is 11.4. The molecule has 0 amide bonds. The average Bonchev–Trinajstić information content (AvgIpc) is 2.21. The van der Waals surface area contributed by atoms with E-state index in [1.807, 2.05) is 0 Å². The molecule has 0 spiro atoms. The van der Waals surface area contributed by atoms with E-state index < -0.39 is 0 Å². The SMILES string of the molecule is CCC(C)(CC)Nc1ncncc1Cl. The van der Waals surface area contributed by atoms with Crippen LogP contribution in [0.15, 0.2) is 12.5 Å². The molecule has 0 saturated carbocycles. The van der Waals surface area contributed by atoms with Crippen LogP contribution in [0.1, 0.15) is 33.6 Å². The quantitative estimate of drug-likeness (QED) is 0.835. The Bertz CT molecular complexity index is 297. The first kappa shape index (κ1) is 11.2. The Morgan fingerprint density at radius 3 is 2.57 bits per heavy atom. The number of aromatic nitrogens is 2. The maximum atomic E-state index is 5.96. The molecule has 0 bridgehead atoms. The molecule has 0 unspecified atom stereocenters. The minimum Gasteiger partial charge on any atom is -0.364 e.